The number of benzene rings is 1. The number of hydrogen-bond donors (Lipinski definition) is 1. The fraction of sp³-hybridized carbons (Fsp3) is 0.588. The molecule has 0 unspecified atom stereocenters. The van der Waals surface area contributed by atoms with Crippen LogP contribution in [0.2, 0.25) is 0 Å². The number of carbonyl (C=O) groups excluding carboxylic acids is 1. The van der Waals surface area contributed by atoms with Gasteiger partial charge in [0.25, 0.3) is 0 Å². The molecule has 2 bridgehead atoms. The van der Waals surface area contributed by atoms with Crippen LogP contribution in [0, 0.1) is 11.8 Å². The van der Waals surface area contributed by atoms with Crippen LogP contribution in [0.25, 0.3) is 0 Å². The lowest BCUT2D eigenvalue weighted by molar-refractivity contribution is -0.121. The van der Waals surface area contributed by atoms with E-state index in [2.05, 4.69) is 5.32 Å². The first-order valence-corrected chi connectivity index (χ1v) is 8.64. The Kier molecular flexibility index (Phi) is 4.43. The third kappa shape index (κ3) is 3.37. The highest BCUT2D eigenvalue weighted by Gasteiger charge is 2.40. The Morgan fingerprint density at radius 1 is 1.29 bits per heavy atom. The molecule has 0 radical (unpaired) electrons. The predicted octanol–water partition coefficient (Wildman–Crippen LogP) is 3.48. The predicted molar refractivity (Wildman–Crippen MR) is 85.7 cm³/mol. The van der Waals surface area contributed by atoms with Crippen molar-refractivity contribution in [3.05, 3.63) is 24.3 Å². The van der Waals surface area contributed by atoms with Gasteiger partial charge in [0, 0.05) is 10.9 Å². The molecule has 0 heterocycles. The van der Waals surface area contributed by atoms with E-state index in [1.165, 1.54) is 25.7 Å². The Morgan fingerprint density at radius 2 is 2.05 bits per heavy atom. The second kappa shape index (κ2) is 6.30. The zero-order chi connectivity index (χ0) is 14.8. The Balaban J connectivity index is 1.52. The number of fused-ring (bicyclic) bond motifs is 2. The van der Waals surface area contributed by atoms with E-state index in [-0.39, 0.29) is 11.2 Å². The third-order valence-electron chi connectivity index (χ3n) is 4.81. The molecule has 1 aromatic carbocycles. The van der Waals surface area contributed by atoms with Gasteiger partial charge in [-0.15, -0.1) is 11.8 Å². The van der Waals surface area contributed by atoms with E-state index in [0.717, 1.165) is 22.5 Å². The summed E-state index contributed by atoms with van der Waals surface area (Å²) in [6.45, 7) is 1.98. The Bertz CT molecular complexity index is 502. The molecule has 2 aliphatic carbocycles. The van der Waals surface area contributed by atoms with Gasteiger partial charge in [0.15, 0.2) is 0 Å². The summed E-state index contributed by atoms with van der Waals surface area (Å²) < 4.78 is 5.15. The van der Waals surface area contributed by atoms with Gasteiger partial charge in [0.05, 0.1) is 12.4 Å². The average Bonchev–Trinajstić information content (AvgIpc) is 3.10. The molecular weight excluding hydrogens is 282 g/mol. The lowest BCUT2D eigenvalue weighted by Gasteiger charge is -2.24. The van der Waals surface area contributed by atoms with E-state index < -0.39 is 0 Å². The zero-order valence-electron chi connectivity index (χ0n) is 12.7. The molecule has 0 aliphatic heterocycles. The van der Waals surface area contributed by atoms with Crippen molar-refractivity contribution in [2.75, 3.05) is 7.11 Å². The largest absolute Gasteiger partial charge is 0.497 e. The number of rotatable bonds is 5. The molecule has 2 fully saturated rings. The summed E-state index contributed by atoms with van der Waals surface area (Å²) >= 11 is 1.61. The first-order chi connectivity index (χ1) is 10.2. The second-order valence-corrected chi connectivity index (χ2v) is 7.64. The molecule has 4 atom stereocenters. The average molecular weight is 305 g/mol. The minimum absolute atomic E-state index is 0.0579. The quantitative estimate of drug-likeness (QED) is 0.846. The van der Waals surface area contributed by atoms with E-state index in [0.29, 0.717) is 6.04 Å². The van der Waals surface area contributed by atoms with Gasteiger partial charge in [-0.25, -0.2) is 0 Å². The maximum atomic E-state index is 12.3. The number of nitrogens with one attached hydrogen (secondary N) is 1. The summed E-state index contributed by atoms with van der Waals surface area (Å²) in [5.41, 5.74) is 0. The normalized spacial score (nSPS) is 28.4. The molecule has 21 heavy (non-hydrogen) atoms. The maximum Gasteiger partial charge on any atom is 0.233 e. The van der Waals surface area contributed by atoms with E-state index in [1.807, 2.05) is 31.2 Å². The summed E-state index contributed by atoms with van der Waals surface area (Å²) in [5, 5.41) is 3.21. The lowest BCUT2D eigenvalue weighted by atomic mass is 9.95. The smallest absolute Gasteiger partial charge is 0.233 e. The van der Waals surface area contributed by atoms with Gasteiger partial charge in [0.1, 0.15) is 5.75 Å². The number of thioether (sulfide) groups is 1. The van der Waals surface area contributed by atoms with E-state index in [4.69, 9.17) is 4.74 Å². The summed E-state index contributed by atoms with van der Waals surface area (Å²) in [4.78, 5) is 13.4. The van der Waals surface area contributed by atoms with Crippen LogP contribution < -0.4 is 10.1 Å². The Morgan fingerprint density at radius 3 is 2.62 bits per heavy atom. The fourth-order valence-corrected chi connectivity index (χ4v) is 4.51. The van der Waals surface area contributed by atoms with Crippen molar-refractivity contribution >= 4 is 17.7 Å². The van der Waals surface area contributed by atoms with Crippen LogP contribution in [0.5, 0.6) is 5.75 Å². The fourth-order valence-electron chi connectivity index (χ4n) is 3.63. The Hall–Kier alpha value is -1.16. The highest BCUT2D eigenvalue weighted by atomic mass is 32.2. The van der Waals surface area contributed by atoms with E-state index in [1.54, 1.807) is 18.9 Å². The standard InChI is InChI=1S/C17H23NO2S/c1-11(21-15-7-5-14(20-2)6-8-15)17(19)18-16-10-12-3-4-13(16)9-12/h5-8,11-13,16H,3-4,9-10H2,1-2H3,(H,18,19)/t11-,12-,13-,16-/m1/s1. The van der Waals surface area contributed by atoms with Gasteiger partial charge >= 0.3 is 0 Å². The van der Waals surface area contributed by atoms with Crippen LogP contribution in [0.3, 0.4) is 0 Å². The van der Waals surface area contributed by atoms with Gasteiger partial charge in [0.2, 0.25) is 5.91 Å². The van der Waals surface area contributed by atoms with Crippen molar-refractivity contribution in [3.8, 4) is 5.75 Å². The highest BCUT2D eigenvalue weighted by Crippen LogP contribution is 2.44. The second-order valence-electron chi connectivity index (χ2n) is 6.23. The summed E-state index contributed by atoms with van der Waals surface area (Å²) in [6, 6.07) is 8.30. The van der Waals surface area contributed by atoms with Crippen LogP contribution >= 0.6 is 11.8 Å². The molecule has 0 aromatic heterocycles. The van der Waals surface area contributed by atoms with Gasteiger partial charge < -0.3 is 10.1 Å². The molecule has 4 heteroatoms. The van der Waals surface area contributed by atoms with Crippen molar-refractivity contribution in [3.63, 3.8) is 0 Å². The molecule has 1 N–H and O–H groups in total. The molecule has 1 aromatic rings. The van der Waals surface area contributed by atoms with Crippen LogP contribution in [0.1, 0.15) is 32.6 Å². The third-order valence-corrected chi connectivity index (χ3v) is 5.92. The minimum Gasteiger partial charge on any atom is -0.497 e. The van der Waals surface area contributed by atoms with E-state index >= 15 is 0 Å². The number of ether oxygens (including phenoxy) is 1. The van der Waals surface area contributed by atoms with Crippen LogP contribution in [-0.4, -0.2) is 24.3 Å². The Labute approximate surface area is 130 Å². The van der Waals surface area contributed by atoms with Gasteiger partial charge in [-0.3, -0.25) is 4.79 Å². The monoisotopic (exact) mass is 305 g/mol. The minimum atomic E-state index is -0.0579. The number of amides is 1. The van der Waals surface area contributed by atoms with Crippen molar-refractivity contribution in [1.29, 1.82) is 0 Å². The first-order valence-electron chi connectivity index (χ1n) is 7.77. The number of methoxy groups -OCH3 is 1. The molecule has 2 saturated carbocycles. The van der Waals surface area contributed by atoms with Crippen molar-refractivity contribution in [2.24, 2.45) is 11.8 Å². The molecule has 3 rings (SSSR count). The lowest BCUT2D eigenvalue weighted by Crippen LogP contribution is -2.42. The van der Waals surface area contributed by atoms with Gasteiger partial charge in [-0.2, -0.15) is 0 Å². The molecule has 114 valence electrons. The molecule has 0 spiro atoms. The zero-order valence-corrected chi connectivity index (χ0v) is 13.5. The maximum absolute atomic E-state index is 12.3. The van der Waals surface area contributed by atoms with Gasteiger partial charge in [-0.1, -0.05) is 6.42 Å². The first kappa shape index (κ1) is 14.8. The topological polar surface area (TPSA) is 38.3 Å². The number of hydrogen-bond acceptors (Lipinski definition) is 3. The van der Waals surface area contributed by atoms with Crippen LogP contribution in [0.15, 0.2) is 29.2 Å². The summed E-state index contributed by atoms with van der Waals surface area (Å²) in [6.07, 6.45) is 5.18. The molecule has 1 amide bonds. The summed E-state index contributed by atoms with van der Waals surface area (Å²) in [5.74, 6) is 2.62. The highest BCUT2D eigenvalue weighted by molar-refractivity contribution is 8.00. The molecule has 0 saturated heterocycles. The van der Waals surface area contributed by atoms with Crippen molar-refractivity contribution in [2.45, 2.75) is 48.8 Å². The molecule has 3 nitrogen and oxygen atoms in total. The van der Waals surface area contributed by atoms with Crippen LogP contribution in [0.4, 0.5) is 0 Å². The SMILES string of the molecule is COc1ccc(S[C@H](C)C(=O)N[C@@H]2C[C@@H]3CC[C@@H]2C3)cc1. The van der Waals surface area contributed by atoms with E-state index in [9.17, 15) is 4.79 Å². The van der Waals surface area contributed by atoms with Crippen molar-refractivity contribution in [1.82, 2.24) is 5.32 Å². The van der Waals surface area contributed by atoms with Gasteiger partial charge in [-0.05, 0) is 62.3 Å². The molecular formula is C17H23NO2S. The van der Waals surface area contributed by atoms with Crippen LogP contribution in [-0.2, 0) is 4.79 Å². The van der Waals surface area contributed by atoms with Crippen molar-refractivity contribution < 1.29 is 9.53 Å². The number of carbonyl (C=O) groups is 1. The summed E-state index contributed by atoms with van der Waals surface area (Å²) in [7, 11) is 1.66. The molecule has 2 aliphatic rings.